The Balaban J connectivity index is 2.44. The number of ether oxygens (including phenoxy) is 2. The van der Waals surface area contributed by atoms with E-state index in [1.165, 1.54) is 0 Å². The molecule has 0 aliphatic rings. The Labute approximate surface area is 126 Å². The third-order valence-electron chi connectivity index (χ3n) is 2.45. The Morgan fingerprint density at radius 1 is 1.32 bits per heavy atom. The number of benzene rings is 1. The van der Waals surface area contributed by atoms with Crippen LogP contribution in [0.2, 0.25) is 5.02 Å². The van der Waals surface area contributed by atoms with Crippen LogP contribution in [0, 0.1) is 0 Å². The van der Waals surface area contributed by atoms with Gasteiger partial charge in [-0.3, -0.25) is 4.79 Å². The van der Waals surface area contributed by atoms with E-state index in [1.54, 1.807) is 36.3 Å². The number of alkyl halides is 1. The van der Waals surface area contributed by atoms with Crippen molar-refractivity contribution in [2.45, 2.75) is 0 Å². The highest BCUT2D eigenvalue weighted by atomic mass is 79.9. The van der Waals surface area contributed by atoms with Crippen molar-refractivity contribution >= 4 is 33.4 Å². The number of nitrogens with zero attached hydrogens (tertiary/aromatic N) is 1. The van der Waals surface area contributed by atoms with Crippen LogP contribution in [-0.4, -0.2) is 49.6 Å². The summed E-state index contributed by atoms with van der Waals surface area (Å²) in [5, 5.41) is 1.36. The highest BCUT2D eigenvalue weighted by molar-refractivity contribution is 9.09. The third-order valence-corrected chi connectivity index (χ3v) is 3.06. The molecule has 1 aromatic carbocycles. The van der Waals surface area contributed by atoms with E-state index in [4.69, 9.17) is 21.1 Å². The highest BCUT2D eigenvalue weighted by Gasteiger charge is 2.13. The number of amides is 1. The first-order valence-electron chi connectivity index (χ1n) is 5.88. The standard InChI is InChI=1S/C13H17BrClNO3/c1-18-9-8-16(7-6-14)13(17)10-19-12-4-2-11(15)3-5-12/h2-5H,6-10H2,1H3. The zero-order valence-corrected chi connectivity index (χ0v) is 13.1. The summed E-state index contributed by atoms with van der Waals surface area (Å²) in [6.07, 6.45) is 0. The van der Waals surface area contributed by atoms with Crippen LogP contribution in [-0.2, 0) is 9.53 Å². The van der Waals surface area contributed by atoms with E-state index in [1.807, 2.05) is 0 Å². The van der Waals surface area contributed by atoms with E-state index >= 15 is 0 Å². The van der Waals surface area contributed by atoms with Crippen LogP contribution >= 0.6 is 27.5 Å². The molecule has 1 amide bonds. The van der Waals surface area contributed by atoms with E-state index in [0.717, 1.165) is 5.33 Å². The molecule has 0 fully saturated rings. The van der Waals surface area contributed by atoms with Gasteiger partial charge in [-0.2, -0.15) is 0 Å². The van der Waals surface area contributed by atoms with E-state index in [2.05, 4.69) is 15.9 Å². The molecule has 106 valence electrons. The van der Waals surface area contributed by atoms with Crippen LogP contribution in [0.5, 0.6) is 5.75 Å². The van der Waals surface area contributed by atoms with E-state index in [9.17, 15) is 4.79 Å². The molecule has 0 saturated heterocycles. The first-order valence-corrected chi connectivity index (χ1v) is 7.38. The number of methoxy groups -OCH3 is 1. The van der Waals surface area contributed by atoms with E-state index in [-0.39, 0.29) is 12.5 Å². The smallest absolute Gasteiger partial charge is 0.260 e. The van der Waals surface area contributed by atoms with Gasteiger partial charge in [0.25, 0.3) is 5.91 Å². The minimum absolute atomic E-state index is 0.0122. The fraction of sp³-hybridized carbons (Fsp3) is 0.462. The summed E-state index contributed by atoms with van der Waals surface area (Å²) in [7, 11) is 1.61. The molecule has 4 nitrogen and oxygen atoms in total. The fourth-order valence-electron chi connectivity index (χ4n) is 1.43. The van der Waals surface area contributed by atoms with Crippen molar-refractivity contribution in [3.63, 3.8) is 0 Å². The van der Waals surface area contributed by atoms with Crippen molar-refractivity contribution < 1.29 is 14.3 Å². The normalized spacial score (nSPS) is 10.3. The van der Waals surface area contributed by atoms with Crippen LogP contribution in [0.1, 0.15) is 0 Å². The van der Waals surface area contributed by atoms with Gasteiger partial charge in [0.2, 0.25) is 0 Å². The van der Waals surface area contributed by atoms with Crippen molar-refractivity contribution in [1.82, 2.24) is 4.90 Å². The second kappa shape index (κ2) is 9.18. The second-order valence-corrected chi connectivity index (χ2v) is 5.03. The Morgan fingerprint density at radius 2 is 2.00 bits per heavy atom. The molecular weight excluding hydrogens is 334 g/mol. The monoisotopic (exact) mass is 349 g/mol. The third kappa shape index (κ3) is 6.27. The lowest BCUT2D eigenvalue weighted by atomic mass is 10.3. The van der Waals surface area contributed by atoms with Crippen LogP contribution in [0.15, 0.2) is 24.3 Å². The van der Waals surface area contributed by atoms with Crippen LogP contribution < -0.4 is 4.74 Å². The Hall–Kier alpha value is -0.780. The number of hydrogen-bond acceptors (Lipinski definition) is 3. The maximum absolute atomic E-state index is 12.0. The Bertz CT molecular complexity index is 386. The van der Waals surface area contributed by atoms with Crippen LogP contribution in [0.3, 0.4) is 0 Å². The largest absolute Gasteiger partial charge is 0.484 e. The number of carbonyl (C=O) groups excluding carboxylic acids is 1. The molecule has 0 aliphatic heterocycles. The molecule has 0 bridgehead atoms. The number of carbonyl (C=O) groups is 1. The topological polar surface area (TPSA) is 38.8 Å². The summed E-state index contributed by atoms with van der Waals surface area (Å²) in [4.78, 5) is 13.7. The first-order chi connectivity index (χ1) is 9.17. The van der Waals surface area contributed by atoms with Gasteiger partial charge >= 0.3 is 0 Å². The molecule has 0 aliphatic carbocycles. The molecule has 0 heterocycles. The molecular formula is C13H17BrClNO3. The lowest BCUT2D eigenvalue weighted by Crippen LogP contribution is -2.38. The summed E-state index contributed by atoms with van der Waals surface area (Å²) < 4.78 is 10.4. The van der Waals surface area contributed by atoms with Crippen molar-refractivity contribution in [3.05, 3.63) is 29.3 Å². The summed E-state index contributed by atoms with van der Waals surface area (Å²) in [6, 6.07) is 6.92. The van der Waals surface area contributed by atoms with Gasteiger partial charge in [-0.05, 0) is 24.3 Å². The van der Waals surface area contributed by atoms with Crippen molar-refractivity contribution in [1.29, 1.82) is 0 Å². The molecule has 0 saturated carbocycles. The number of halogens is 2. The lowest BCUT2D eigenvalue weighted by Gasteiger charge is -2.21. The maximum atomic E-state index is 12.0. The second-order valence-electron chi connectivity index (χ2n) is 3.81. The van der Waals surface area contributed by atoms with Gasteiger partial charge in [-0.25, -0.2) is 0 Å². The molecule has 0 N–H and O–H groups in total. The van der Waals surface area contributed by atoms with Gasteiger partial charge in [0, 0.05) is 30.6 Å². The van der Waals surface area contributed by atoms with Crippen LogP contribution in [0.4, 0.5) is 0 Å². The summed E-state index contributed by atoms with van der Waals surface area (Å²) in [5.41, 5.74) is 0. The molecule has 6 heteroatoms. The van der Waals surface area contributed by atoms with Gasteiger partial charge in [-0.1, -0.05) is 27.5 Å². The molecule has 0 aromatic heterocycles. The van der Waals surface area contributed by atoms with Gasteiger partial charge < -0.3 is 14.4 Å². The molecule has 1 rings (SSSR count). The average Bonchev–Trinajstić information content (AvgIpc) is 2.42. The number of rotatable bonds is 8. The van der Waals surface area contributed by atoms with Crippen molar-refractivity contribution in [3.8, 4) is 5.75 Å². The predicted molar refractivity (Wildman–Crippen MR) is 79.2 cm³/mol. The zero-order valence-electron chi connectivity index (χ0n) is 10.8. The minimum atomic E-state index is -0.0635. The molecule has 19 heavy (non-hydrogen) atoms. The lowest BCUT2D eigenvalue weighted by molar-refractivity contribution is -0.133. The minimum Gasteiger partial charge on any atom is -0.484 e. The molecule has 0 radical (unpaired) electrons. The first kappa shape index (κ1) is 16.3. The molecule has 1 aromatic rings. The molecule has 0 unspecified atom stereocenters. The summed E-state index contributed by atoms with van der Waals surface area (Å²) >= 11 is 9.10. The molecule has 0 atom stereocenters. The van der Waals surface area contributed by atoms with Crippen molar-refractivity contribution in [2.24, 2.45) is 0 Å². The van der Waals surface area contributed by atoms with Crippen molar-refractivity contribution in [2.75, 3.05) is 38.7 Å². The van der Waals surface area contributed by atoms with Gasteiger partial charge in [0.05, 0.1) is 6.61 Å². The van der Waals surface area contributed by atoms with E-state index in [0.29, 0.717) is 30.5 Å². The van der Waals surface area contributed by atoms with Crippen LogP contribution in [0.25, 0.3) is 0 Å². The highest BCUT2D eigenvalue weighted by Crippen LogP contribution is 2.15. The van der Waals surface area contributed by atoms with E-state index < -0.39 is 0 Å². The average molecular weight is 351 g/mol. The summed E-state index contributed by atoms with van der Waals surface area (Å²) in [5.74, 6) is 0.565. The maximum Gasteiger partial charge on any atom is 0.260 e. The quantitative estimate of drug-likeness (QED) is 0.677. The van der Waals surface area contributed by atoms with Gasteiger partial charge in [-0.15, -0.1) is 0 Å². The SMILES string of the molecule is COCCN(CCBr)C(=O)COc1ccc(Cl)cc1. The van der Waals surface area contributed by atoms with Gasteiger partial charge in [0.1, 0.15) is 5.75 Å². The number of hydrogen-bond donors (Lipinski definition) is 0. The Kier molecular flexibility index (Phi) is 7.86. The predicted octanol–water partition coefficient (Wildman–Crippen LogP) is 2.59. The summed E-state index contributed by atoms with van der Waals surface area (Å²) in [6.45, 7) is 1.72. The van der Waals surface area contributed by atoms with Gasteiger partial charge in [0.15, 0.2) is 6.61 Å². The zero-order chi connectivity index (χ0) is 14.1. The Morgan fingerprint density at radius 3 is 2.58 bits per heavy atom. The molecule has 0 spiro atoms. The fourth-order valence-corrected chi connectivity index (χ4v) is 1.99.